The van der Waals surface area contributed by atoms with Gasteiger partial charge in [-0.05, 0) is 19.4 Å². The molecule has 20 heavy (non-hydrogen) atoms. The van der Waals surface area contributed by atoms with Crippen molar-refractivity contribution in [1.29, 1.82) is 5.26 Å². The van der Waals surface area contributed by atoms with Crippen molar-refractivity contribution in [2.75, 3.05) is 19.6 Å². The standard InChI is InChI=1S/C16H23N3O/c1-3-19(4-2)16(20)11-13-18-15(10-12-17)14-8-6-5-7-9-14/h5-9,15,18H,3-4,10-11,13H2,1-2H3. The molecule has 1 amide bonds. The third-order valence-electron chi connectivity index (χ3n) is 3.34. The van der Waals surface area contributed by atoms with Gasteiger partial charge in [0.05, 0.1) is 12.5 Å². The Morgan fingerprint density at radius 3 is 2.50 bits per heavy atom. The Bertz CT molecular complexity index is 435. The van der Waals surface area contributed by atoms with Gasteiger partial charge in [0, 0.05) is 32.1 Å². The molecule has 0 fully saturated rings. The van der Waals surface area contributed by atoms with E-state index in [1.807, 2.05) is 49.1 Å². The van der Waals surface area contributed by atoms with Crippen LogP contribution in [-0.2, 0) is 4.79 Å². The van der Waals surface area contributed by atoms with E-state index in [2.05, 4.69) is 11.4 Å². The van der Waals surface area contributed by atoms with Crippen molar-refractivity contribution < 1.29 is 4.79 Å². The van der Waals surface area contributed by atoms with Gasteiger partial charge in [0.2, 0.25) is 5.91 Å². The van der Waals surface area contributed by atoms with Crippen molar-refractivity contribution in [3.8, 4) is 6.07 Å². The number of carbonyl (C=O) groups is 1. The molecule has 1 N–H and O–H groups in total. The van der Waals surface area contributed by atoms with Crippen molar-refractivity contribution in [3.05, 3.63) is 35.9 Å². The van der Waals surface area contributed by atoms with Crippen LogP contribution in [0, 0.1) is 11.3 Å². The molecule has 0 saturated heterocycles. The summed E-state index contributed by atoms with van der Waals surface area (Å²) in [5.41, 5.74) is 1.09. The first-order valence-electron chi connectivity index (χ1n) is 7.15. The van der Waals surface area contributed by atoms with E-state index >= 15 is 0 Å². The molecule has 1 unspecified atom stereocenters. The van der Waals surface area contributed by atoms with Gasteiger partial charge in [-0.25, -0.2) is 0 Å². The van der Waals surface area contributed by atoms with Gasteiger partial charge in [0.1, 0.15) is 0 Å². The summed E-state index contributed by atoms with van der Waals surface area (Å²) < 4.78 is 0. The van der Waals surface area contributed by atoms with Gasteiger partial charge in [-0.2, -0.15) is 5.26 Å². The molecule has 0 radical (unpaired) electrons. The number of hydrogen-bond acceptors (Lipinski definition) is 3. The Morgan fingerprint density at radius 2 is 1.95 bits per heavy atom. The third-order valence-corrected chi connectivity index (χ3v) is 3.34. The largest absolute Gasteiger partial charge is 0.343 e. The van der Waals surface area contributed by atoms with Crippen molar-refractivity contribution in [2.45, 2.75) is 32.7 Å². The van der Waals surface area contributed by atoms with Gasteiger partial charge in [-0.3, -0.25) is 4.79 Å². The molecular weight excluding hydrogens is 250 g/mol. The summed E-state index contributed by atoms with van der Waals surface area (Å²) in [7, 11) is 0. The van der Waals surface area contributed by atoms with Crippen LogP contribution in [0.3, 0.4) is 0 Å². The van der Waals surface area contributed by atoms with Crippen LogP contribution in [0.1, 0.15) is 38.3 Å². The molecule has 4 nitrogen and oxygen atoms in total. The maximum atomic E-state index is 11.9. The van der Waals surface area contributed by atoms with Crippen LogP contribution in [0.15, 0.2) is 30.3 Å². The SMILES string of the molecule is CCN(CC)C(=O)CCNC(CC#N)c1ccccc1. The number of nitrogens with zero attached hydrogens (tertiary/aromatic N) is 2. The maximum absolute atomic E-state index is 11.9. The fourth-order valence-corrected chi connectivity index (χ4v) is 2.17. The molecule has 0 aliphatic rings. The predicted octanol–water partition coefficient (Wildman–Crippen LogP) is 2.49. The number of rotatable bonds is 8. The first-order chi connectivity index (χ1) is 9.72. The molecular formula is C16H23N3O. The first kappa shape index (κ1) is 16.2. The van der Waals surface area contributed by atoms with E-state index in [4.69, 9.17) is 5.26 Å². The Balaban J connectivity index is 2.49. The number of benzene rings is 1. The predicted molar refractivity (Wildman–Crippen MR) is 80.0 cm³/mol. The highest BCUT2D eigenvalue weighted by atomic mass is 16.2. The number of amides is 1. The summed E-state index contributed by atoms with van der Waals surface area (Å²) in [6, 6.07) is 12.1. The van der Waals surface area contributed by atoms with Gasteiger partial charge in [-0.1, -0.05) is 30.3 Å². The molecule has 108 valence electrons. The van der Waals surface area contributed by atoms with Crippen LogP contribution >= 0.6 is 0 Å². The molecule has 0 bridgehead atoms. The zero-order valence-electron chi connectivity index (χ0n) is 12.3. The number of nitrogens with one attached hydrogen (secondary N) is 1. The van der Waals surface area contributed by atoms with E-state index < -0.39 is 0 Å². The highest BCUT2D eigenvalue weighted by Crippen LogP contribution is 2.15. The molecule has 0 aliphatic heterocycles. The Hall–Kier alpha value is -1.86. The number of hydrogen-bond donors (Lipinski definition) is 1. The molecule has 0 spiro atoms. The van der Waals surface area contributed by atoms with Gasteiger partial charge < -0.3 is 10.2 Å². The van der Waals surface area contributed by atoms with Crippen molar-refractivity contribution in [3.63, 3.8) is 0 Å². The average molecular weight is 273 g/mol. The average Bonchev–Trinajstić information content (AvgIpc) is 2.48. The summed E-state index contributed by atoms with van der Waals surface area (Å²) in [6.45, 7) is 6.05. The molecule has 1 rings (SSSR count). The molecule has 0 aliphatic carbocycles. The van der Waals surface area contributed by atoms with Crippen LogP contribution in [-0.4, -0.2) is 30.4 Å². The number of carbonyl (C=O) groups excluding carboxylic acids is 1. The fraction of sp³-hybridized carbons (Fsp3) is 0.500. The lowest BCUT2D eigenvalue weighted by molar-refractivity contribution is -0.130. The molecule has 0 saturated carbocycles. The van der Waals surface area contributed by atoms with Crippen LogP contribution in [0.5, 0.6) is 0 Å². The van der Waals surface area contributed by atoms with Crippen LogP contribution in [0.4, 0.5) is 0 Å². The summed E-state index contributed by atoms with van der Waals surface area (Å²) in [4.78, 5) is 13.7. The zero-order valence-corrected chi connectivity index (χ0v) is 12.3. The highest BCUT2D eigenvalue weighted by Gasteiger charge is 2.13. The fourth-order valence-electron chi connectivity index (χ4n) is 2.17. The Kier molecular flexibility index (Phi) is 7.38. The van der Waals surface area contributed by atoms with E-state index in [9.17, 15) is 4.79 Å². The van der Waals surface area contributed by atoms with E-state index in [1.54, 1.807) is 0 Å². The molecule has 0 aromatic heterocycles. The quantitative estimate of drug-likeness (QED) is 0.791. The monoisotopic (exact) mass is 273 g/mol. The van der Waals surface area contributed by atoms with Gasteiger partial charge in [0.25, 0.3) is 0 Å². The molecule has 0 heterocycles. The van der Waals surface area contributed by atoms with Crippen LogP contribution < -0.4 is 5.32 Å². The van der Waals surface area contributed by atoms with E-state index in [1.165, 1.54) is 0 Å². The van der Waals surface area contributed by atoms with Crippen molar-refractivity contribution in [1.82, 2.24) is 10.2 Å². The molecule has 4 heteroatoms. The normalized spacial score (nSPS) is 11.7. The zero-order chi connectivity index (χ0) is 14.8. The van der Waals surface area contributed by atoms with Gasteiger partial charge in [0.15, 0.2) is 0 Å². The van der Waals surface area contributed by atoms with Crippen molar-refractivity contribution >= 4 is 5.91 Å². The second-order valence-electron chi connectivity index (χ2n) is 4.60. The summed E-state index contributed by atoms with van der Waals surface area (Å²) >= 11 is 0. The summed E-state index contributed by atoms with van der Waals surface area (Å²) in [5, 5.41) is 12.2. The minimum Gasteiger partial charge on any atom is -0.343 e. The van der Waals surface area contributed by atoms with Crippen LogP contribution in [0.2, 0.25) is 0 Å². The third kappa shape index (κ3) is 5.02. The topological polar surface area (TPSA) is 56.1 Å². The van der Waals surface area contributed by atoms with E-state index in [0.717, 1.165) is 18.7 Å². The highest BCUT2D eigenvalue weighted by molar-refractivity contribution is 5.76. The lowest BCUT2D eigenvalue weighted by Crippen LogP contribution is -2.33. The van der Waals surface area contributed by atoms with Crippen LogP contribution in [0.25, 0.3) is 0 Å². The lowest BCUT2D eigenvalue weighted by atomic mass is 10.0. The maximum Gasteiger partial charge on any atom is 0.223 e. The molecule has 1 atom stereocenters. The van der Waals surface area contributed by atoms with Gasteiger partial charge >= 0.3 is 0 Å². The Morgan fingerprint density at radius 1 is 1.30 bits per heavy atom. The summed E-state index contributed by atoms with van der Waals surface area (Å²) in [6.07, 6.45) is 0.875. The number of nitriles is 1. The summed E-state index contributed by atoms with van der Waals surface area (Å²) in [5.74, 6) is 0.159. The van der Waals surface area contributed by atoms with E-state index in [-0.39, 0.29) is 11.9 Å². The minimum absolute atomic E-state index is 0.00861. The minimum atomic E-state index is -0.00861. The molecule has 1 aromatic rings. The second kappa shape index (κ2) is 9.11. The smallest absolute Gasteiger partial charge is 0.223 e. The van der Waals surface area contributed by atoms with Gasteiger partial charge in [-0.15, -0.1) is 0 Å². The van der Waals surface area contributed by atoms with Crippen molar-refractivity contribution in [2.24, 2.45) is 0 Å². The first-order valence-corrected chi connectivity index (χ1v) is 7.15. The molecule has 1 aromatic carbocycles. The lowest BCUT2D eigenvalue weighted by Gasteiger charge is -2.20. The Labute approximate surface area is 121 Å². The second-order valence-corrected chi connectivity index (χ2v) is 4.60. The van der Waals surface area contributed by atoms with E-state index in [0.29, 0.717) is 19.4 Å².